The van der Waals surface area contributed by atoms with Crippen LogP contribution in [0.1, 0.15) is 11.8 Å². The Kier molecular flexibility index (Phi) is 5.90. The summed E-state index contributed by atoms with van der Waals surface area (Å²) in [5, 5.41) is 0.882. The molecule has 0 unspecified atom stereocenters. The summed E-state index contributed by atoms with van der Waals surface area (Å²) in [5.41, 5.74) is 3.28. The van der Waals surface area contributed by atoms with Gasteiger partial charge in [0.2, 0.25) is 10.0 Å². The van der Waals surface area contributed by atoms with E-state index >= 15 is 0 Å². The van der Waals surface area contributed by atoms with E-state index in [1.54, 1.807) is 30.6 Å². The summed E-state index contributed by atoms with van der Waals surface area (Å²) < 4.78 is 36.2. The molecule has 0 aliphatic heterocycles. The van der Waals surface area contributed by atoms with E-state index in [9.17, 15) is 8.42 Å². The van der Waals surface area contributed by atoms with Gasteiger partial charge >= 0.3 is 0 Å². The lowest BCUT2D eigenvalue weighted by Gasteiger charge is -2.09. The maximum Gasteiger partial charge on any atom is 0.229 e. The smallest absolute Gasteiger partial charge is 0.229 e. The summed E-state index contributed by atoms with van der Waals surface area (Å²) in [6.45, 7) is 4.52. The lowest BCUT2D eigenvalue weighted by molar-refractivity contribution is 0.311. The molecule has 3 rings (SSSR count). The maximum absolute atomic E-state index is 11.3. The van der Waals surface area contributed by atoms with Crippen molar-refractivity contribution in [3.8, 4) is 33.3 Å². The van der Waals surface area contributed by atoms with E-state index in [-0.39, 0.29) is 0 Å². The number of hydrogen-bond donors (Lipinski definition) is 1. The molecule has 0 fully saturated rings. The fourth-order valence-corrected chi connectivity index (χ4v) is 4.27. The van der Waals surface area contributed by atoms with Gasteiger partial charge < -0.3 is 9.47 Å². The Hall–Kier alpha value is -2.58. The lowest BCUT2D eigenvalue weighted by Crippen LogP contribution is -2.09. The molecule has 0 saturated heterocycles. The van der Waals surface area contributed by atoms with E-state index in [2.05, 4.69) is 4.72 Å². The van der Waals surface area contributed by atoms with Gasteiger partial charge in [0.1, 0.15) is 5.01 Å². The maximum atomic E-state index is 11.3. The number of aromatic nitrogens is 1. The molecular formula is C20H22N2O4S2. The predicted molar refractivity (Wildman–Crippen MR) is 114 cm³/mol. The molecular weight excluding hydrogens is 396 g/mol. The van der Waals surface area contributed by atoms with E-state index in [1.807, 2.05) is 44.2 Å². The van der Waals surface area contributed by atoms with Gasteiger partial charge in [-0.3, -0.25) is 4.72 Å². The van der Waals surface area contributed by atoms with Crippen LogP contribution >= 0.6 is 11.3 Å². The van der Waals surface area contributed by atoms with Crippen LogP contribution in [0.3, 0.4) is 0 Å². The number of sulfonamides is 1. The van der Waals surface area contributed by atoms with Crippen molar-refractivity contribution in [3.63, 3.8) is 0 Å². The van der Waals surface area contributed by atoms with Gasteiger partial charge in [0.05, 0.1) is 25.7 Å². The average Bonchev–Trinajstić information content (AvgIpc) is 3.03. The van der Waals surface area contributed by atoms with Crippen molar-refractivity contribution >= 4 is 27.0 Å². The van der Waals surface area contributed by atoms with Crippen molar-refractivity contribution in [1.29, 1.82) is 0 Å². The third-order valence-electron chi connectivity index (χ3n) is 3.97. The molecule has 2 aromatic carbocycles. The highest BCUT2D eigenvalue weighted by Crippen LogP contribution is 2.37. The largest absolute Gasteiger partial charge is 0.493 e. The Morgan fingerprint density at radius 2 is 1.75 bits per heavy atom. The molecule has 148 valence electrons. The van der Waals surface area contributed by atoms with Gasteiger partial charge in [0.15, 0.2) is 11.5 Å². The number of rotatable bonds is 7. The Morgan fingerprint density at radius 1 is 1.07 bits per heavy atom. The minimum Gasteiger partial charge on any atom is -0.493 e. The van der Waals surface area contributed by atoms with Gasteiger partial charge in [-0.15, -0.1) is 11.3 Å². The number of thiazole rings is 1. The molecule has 0 bridgehead atoms. The molecule has 1 N–H and O–H groups in total. The number of hydrogen-bond acceptors (Lipinski definition) is 6. The van der Waals surface area contributed by atoms with Gasteiger partial charge in [0, 0.05) is 21.7 Å². The first kappa shape index (κ1) is 20.2. The topological polar surface area (TPSA) is 77.5 Å². The van der Waals surface area contributed by atoms with Crippen LogP contribution in [0.2, 0.25) is 0 Å². The Bertz CT molecular complexity index is 1070. The molecule has 0 amide bonds. The predicted octanol–water partition coefficient (Wildman–Crippen LogP) is 4.56. The normalized spacial score (nSPS) is 11.3. The zero-order chi connectivity index (χ0) is 20.3. The summed E-state index contributed by atoms with van der Waals surface area (Å²) in [6.07, 6.45) is 1.13. The number of ether oxygens (including phenoxy) is 2. The van der Waals surface area contributed by atoms with Crippen LogP contribution in [0.15, 0.2) is 42.5 Å². The number of benzene rings is 2. The first-order chi connectivity index (χ1) is 13.3. The fraction of sp³-hybridized carbons (Fsp3) is 0.250. The van der Waals surface area contributed by atoms with Crippen LogP contribution in [-0.2, 0) is 10.0 Å². The van der Waals surface area contributed by atoms with Gasteiger partial charge in [-0.1, -0.05) is 12.1 Å². The molecule has 3 aromatic rings. The molecule has 1 aromatic heterocycles. The minimum atomic E-state index is -3.29. The zero-order valence-electron chi connectivity index (χ0n) is 16.1. The molecule has 0 saturated carbocycles. The molecule has 28 heavy (non-hydrogen) atoms. The van der Waals surface area contributed by atoms with E-state index < -0.39 is 10.0 Å². The highest BCUT2D eigenvalue weighted by atomic mass is 32.2. The number of aryl methyl sites for hydroxylation is 1. The number of nitrogens with one attached hydrogen (secondary N) is 1. The van der Waals surface area contributed by atoms with Gasteiger partial charge in [-0.05, 0) is 44.2 Å². The first-order valence-electron chi connectivity index (χ1n) is 8.67. The van der Waals surface area contributed by atoms with Crippen LogP contribution < -0.4 is 14.2 Å². The number of nitrogens with zero attached hydrogens (tertiary/aromatic N) is 1. The second-order valence-electron chi connectivity index (χ2n) is 6.17. The van der Waals surface area contributed by atoms with Crippen molar-refractivity contribution < 1.29 is 17.9 Å². The molecule has 0 radical (unpaired) electrons. The van der Waals surface area contributed by atoms with Crippen LogP contribution in [0, 0.1) is 6.92 Å². The second kappa shape index (κ2) is 8.20. The van der Waals surface area contributed by atoms with Crippen LogP contribution in [0.4, 0.5) is 5.69 Å². The third kappa shape index (κ3) is 4.63. The van der Waals surface area contributed by atoms with E-state index in [1.165, 1.54) is 0 Å². The van der Waals surface area contributed by atoms with Gasteiger partial charge in [-0.2, -0.15) is 0 Å². The molecule has 0 spiro atoms. The average molecular weight is 419 g/mol. The van der Waals surface area contributed by atoms with E-state index in [0.717, 1.165) is 33.0 Å². The summed E-state index contributed by atoms with van der Waals surface area (Å²) >= 11 is 1.60. The Balaban J connectivity index is 1.91. The Labute approximate surface area is 169 Å². The molecule has 8 heteroatoms. The van der Waals surface area contributed by atoms with Gasteiger partial charge in [-0.25, -0.2) is 13.4 Å². The molecule has 0 aliphatic carbocycles. The van der Waals surface area contributed by atoms with Crippen molar-refractivity contribution in [3.05, 3.63) is 47.3 Å². The monoisotopic (exact) mass is 418 g/mol. The van der Waals surface area contributed by atoms with Crippen LogP contribution in [0.5, 0.6) is 11.5 Å². The van der Waals surface area contributed by atoms with Crippen molar-refractivity contribution in [2.45, 2.75) is 13.8 Å². The molecule has 0 atom stereocenters. The number of anilines is 1. The molecule has 6 nitrogen and oxygen atoms in total. The number of methoxy groups -OCH3 is 1. The molecule has 0 aliphatic rings. The summed E-state index contributed by atoms with van der Waals surface area (Å²) in [5.74, 6) is 1.38. The van der Waals surface area contributed by atoms with E-state index in [4.69, 9.17) is 14.5 Å². The highest BCUT2D eigenvalue weighted by molar-refractivity contribution is 7.92. The summed E-state index contributed by atoms with van der Waals surface area (Å²) in [4.78, 5) is 5.86. The van der Waals surface area contributed by atoms with Crippen molar-refractivity contribution in [1.82, 2.24) is 4.98 Å². The zero-order valence-corrected chi connectivity index (χ0v) is 17.8. The highest BCUT2D eigenvalue weighted by Gasteiger charge is 2.14. The van der Waals surface area contributed by atoms with Crippen LogP contribution in [0.25, 0.3) is 21.8 Å². The summed E-state index contributed by atoms with van der Waals surface area (Å²) in [6, 6.07) is 13.0. The first-order valence-corrected chi connectivity index (χ1v) is 11.4. The van der Waals surface area contributed by atoms with E-state index in [0.29, 0.717) is 23.8 Å². The second-order valence-corrected chi connectivity index (χ2v) is 9.13. The van der Waals surface area contributed by atoms with Crippen molar-refractivity contribution in [2.24, 2.45) is 0 Å². The van der Waals surface area contributed by atoms with Crippen LogP contribution in [-0.4, -0.2) is 33.4 Å². The van der Waals surface area contributed by atoms with Gasteiger partial charge in [0.25, 0.3) is 0 Å². The standard InChI is InChI=1S/C20H22N2O4S2/c1-5-26-17-11-8-15(12-18(17)25-3)20-21-19(13(2)27-20)14-6-9-16(10-7-14)22-28(4,23)24/h6-12,22H,5H2,1-4H3. The minimum absolute atomic E-state index is 0.524. The van der Waals surface area contributed by atoms with Crippen molar-refractivity contribution in [2.75, 3.05) is 24.7 Å². The SMILES string of the molecule is CCOc1ccc(-c2nc(-c3ccc(NS(C)(=O)=O)cc3)c(C)s2)cc1OC. The third-order valence-corrected chi connectivity index (χ3v) is 5.59. The molecule has 1 heterocycles. The fourth-order valence-electron chi connectivity index (χ4n) is 2.77. The quantitative estimate of drug-likeness (QED) is 0.608. The Morgan fingerprint density at radius 3 is 2.36 bits per heavy atom. The summed E-state index contributed by atoms with van der Waals surface area (Å²) in [7, 11) is -1.68. The lowest BCUT2D eigenvalue weighted by atomic mass is 10.1.